The van der Waals surface area contributed by atoms with Crippen molar-refractivity contribution in [3.63, 3.8) is 0 Å². The lowest BCUT2D eigenvalue weighted by Gasteiger charge is -2.20. The summed E-state index contributed by atoms with van der Waals surface area (Å²) in [6.07, 6.45) is 1.64. The quantitative estimate of drug-likeness (QED) is 0.906. The molecule has 2 aromatic rings. The number of halogens is 2. The van der Waals surface area contributed by atoms with Gasteiger partial charge in [-0.25, -0.2) is 9.37 Å². The van der Waals surface area contributed by atoms with Gasteiger partial charge in [-0.05, 0) is 30.8 Å². The van der Waals surface area contributed by atoms with Gasteiger partial charge in [0.15, 0.2) is 11.6 Å². The van der Waals surface area contributed by atoms with E-state index in [0.717, 1.165) is 10.0 Å². The number of anilines is 1. The molecule has 1 aromatic heterocycles. The molecule has 2 rings (SSSR count). The molecule has 1 aromatic carbocycles. The number of benzene rings is 1. The lowest BCUT2D eigenvalue weighted by molar-refractivity contribution is 0.589. The van der Waals surface area contributed by atoms with Crippen LogP contribution in [0, 0.1) is 5.82 Å². The minimum absolute atomic E-state index is 0.264. The predicted molar refractivity (Wildman–Crippen MR) is 83.2 cm³/mol. The zero-order valence-electron chi connectivity index (χ0n) is 11.5. The van der Waals surface area contributed by atoms with E-state index in [1.54, 1.807) is 19.3 Å². The Morgan fingerprint density at radius 1 is 1.35 bits per heavy atom. The average Bonchev–Trinajstić information content (AvgIpc) is 2.41. The Morgan fingerprint density at radius 2 is 2.15 bits per heavy atom. The largest absolute Gasteiger partial charge is 0.353 e. The van der Waals surface area contributed by atoms with Gasteiger partial charge in [-0.3, -0.25) is 0 Å². The van der Waals surface area contributed by atoms with Crippen molar-refractivity contribution in [2.24, 2.45) is 0 Å². The monoisotopic (exact) mass is 337 g/mol. The average molecular weight is 338 g/mol. The highest BCUT2D eigenvalue weighted by Crippen LogP contribution is 2.21. The summed E-state index contributed by atoms with van der Waals surface area (Å²) in [5, 5.41) is 2.96. The minimum atomic E-state index is -0.264. The first-order valence-corrected chi connectivity index (χ1v) is 7.14. The summed E-state index contributed by atoms with van der Waals surface area (Å²) in [5.74, 6) is 0.108. The molecule has 0 amide bonds. The van der Waals surface area contributed by atoms with Crippen LogP contribution >= 0.6 is 15.9 Å². The van der Waals surface area contributed by atoms with Gasteiger partial charge in [0.25, 0.3) is 0 Å². The van der Waals surface area contributed by atoms with Crippen molar-refractivity contribution in [3.8, 4) is 0 Å². The Balaban J connectivity index is 2.21. The summed E-state index contributed by atoms with van der Waals surface area (Å²) < 4.78 is 15.4. The molecule has 0 aliphatic carbocycles. The molecule has 0 unspecified atom stereocenters. The molecule has 1 heterocycles. The summed E-state index contributed by atoms with van der Waals surface area (Å²) in [7, 11) is 3.64. The van der Waals surface area contributed by atoms with Crippen LogP contribution in [0.4, 0.5) is 10.2 Å². The number of nitrogens with zero attached hydrogens (tertiary/aromatic N) is 2. The van der Waals surface area contributed by atoms with E-state index in [9.17, 15) is 4.39 Å². The first kappa shape index (κ1) is 14.9. The summed E-state index contributed by atoms with van der Waals surface area (Å²) >= 11 is 3.44. The highest BCUT2D eigenvalue weighted by molar-refractivity contribution is 9.10. The zero-order chi connectivity index (χ0) is 14.5. The zero-order valence-corrected chi connectivity index (χ0v) is 13.1. The van der Waals surface area contributed by atoms with Crippen LogP contribution in [0.3, 0.4) is 0 Å². The molecule has 0 aliphatic heterocycles. The van der Waals surface area contributed by atoms with Gasteiger partial charge >= 0.3 is 0 Å². The second kappa shape index (κ2) is 6.81. The number of aromatic nitrogens is 1. The number of nitrogens with one attached hydrogen (secondary N) is 1. The van der Waals surface area contributed by atoms with Crippen LogP contribution < -0.4 is 10.2 Å². The lowest BCUT2D eigenvalue weighted by atomic mass is 10.2. The van der Waals surface area contributed by atoms with E-state index in [-0.39, 0.29) is 5.82 Å². The predicted octanol–water partition coefficient (Wildman–Crippen LogP) is 3.34. The Bertz CT molecular complexity index is 589. The third kappa shape index (κ3) is 3.55. The van der Waals surface area contributed by atoms with Crippen molar-refractivity contribution in [2.75, 3.05) is 19.0 Å². The number of rotatable bonds is 5. The third-order valence-electron chi connectivity index (χ3n) is 2.99. The van der Waals surface area contributed by atoms with Crippen molar-refractivity contribution in [1.82, 2.24) is 10.3 Å². The second-order valence-electron chi connectivity index (χ2n) is 4.62. The Morgan fingerprint density at radius 3 is 2.85 bits per heavy atom. The van der Waals surface area contributed by atoms with E-state index in [2.05, 4.69) is 26.2 Å². The fourth-order valence-electron chi connectivity index (χ4n) is 2.05. The second-order valence-corrected chi connectivity index (χ2v) is 5.54. The number of hydrogen-bond donors (Lipinski definition) is 1. The molecule has 1 N–H and O–H groups in total. The van der Waals surface area contributed by atoms with Crippen LogP contribution in [0.5, 0.6) is 0 Å². The number of hydrogen-bond acceptors (Lipinski definition) is 3. The van der Waals surface area contributed by atoms with Gasteiger partial charge in [0.2, 0.25) is 0 Å². The SMILES string of the molecule is CNCc1ccnc(N(C)Cc2cccc(Br)c2)c1F. The van der Waals surface area contributed by atoms with E-state index in [1.807, 2.05) is 36.2 Å². The van der Waals surface area contributed by atoms with Gasteiger partial charge in [0.1, 0.15) is 0 Å². The van der Waals surface area contributed by atoms with Crippen LogP contribution in [0.1, 0.15) is 11.1 Å². The van der Waals surface area contributed by atoms with Crippen molar-refractivity contribution >= 4 is 21.7 Å². The Hall–Kier alpha value is -1.46. The van der Waals surface area contributed by atoms with E-state index in [0.29, 0.717) is 24.5 Å². The van der Waals surface area contributed by atoms with E-state index >= 15 is 0 Å². The molecule has 5 heteroatoms. The molecule has 0 bridgehead atoms. The van der Waals surface area contributed by atoms with Crippen LogP contribution in [-0.4, -0.2) is 19.1 Å². The molecular weight excluding hydrogens is 321 g/mol. The van der Waals surface area contributed by atoms with E-state index in [1.165, 1.54) is 0 Å². The molecule has 0 saturated carbocycles. The number of pyridine rings is 1. The molecule has 0 atom stereocenters. The standard InChI is InChI=1S/C15H17BrFN3/c1-18-9-12-6-7-19-15(14(12)17)20(2)10-11-4-3-5-13(16)8-11/h3-8,18H,9-10H2,1-2H3. The topological polar surface area (TPSA) is 28.2 Å². The highest BCUT2D eigenvalue weighted by atomic mass is 79.9. The van der Waals surface area contributed by atoms with Crippen molar-refractivity contribution in [1.29, 1.82) is 0 Å². The maximum Gasteiger partial charge on any atom is 0.170 e. The van der Waals surface area contributed by atoms with Crippen molar-refractivity contribution < 1.29 is 4.39 Å². The molecule has 0 radical (unpaired) electrons. The summed E-state index contributed by atoms with van der Waals surface area (Å²) in [6.45, 7) is 1.10. The summed E-state index contributed by atoms with van der Waals surface area (Å²) in [6, 6.07) is 9.66. The van der Waals surface area contributed by atoms with Crippen LogP contribution in [0.25, 0.3) is 0 Å². The van der Waals surface area contributed by atoms with Crippen LogP contribution in [0.2, 0.25) is 0 Å². The van der Waals surface area contributed by atoms with Crippen molar-refractivity contribution in [3.05, 3.63) is 57.9 Å². The fraction of sp³-hybridized carbons (Fsp3) is 0.267. The van der Waals surface area contributed by atoms with Gasteiger partial charge in [0, 0.05) is 36.4 Å². The van der Waals surface area contributed by atoms with Gasteiger partial charge in [-0.2, -0.15) is 0 Å². The summed E-state index contributed by atoms with van der Waals surface area (Å²) in [4.78, 5) is 5.97. The highest BCUT2D eigenvalue weighted by Gasteiger charge is 2.13. The van der Waals surface area contributed by atoms with E-state index < -0.39 is 0 Å². The minimum Gasteiger partial charge on any atom is -0.353 e. The van der Waals surface area contributed by atoms with Crippen molar-refractivity contribution in [2.45, 2.75) is 13.1 Å². The molecule has 0 aliphatic rings. The van der Waals surface area contributed by atoms with E-state index in [4.69, 9.17) is 0 Å². The van der Waals surface area contributed by atoms with Gasteiger partial charge < -0.3 is 10.2 Å². The third-order valence-corrected chi connectivity index (χ3v) is 3.48. The molecule has 0 fully saturated rings. The molecule has 0 spiro atoms. The Kier molecular flexibility index (Phi) is 5.09. The summed E-state index contributed by atoms with van der Waals surface area (Å²) in [5.41, 5.74) is 1.72. The first-order valence-electron chi connectivity index (χ1n) is 6.35. The maximum atomic E-state index is 14.3. The molecular formula is C15H17BrFN3. The van der Waals surface area contributed by atoms with Crippen LogP contribution in [-0.2, 0) is 13.1 Å². The smallest absolute Gasteiger partial charge is 0.170 e. The lowest BCUT2D eigenvalue weighted by Crippen LogP contribution is -2.20. The van der Waals surface area contributed by atoms with Crippen LogP contribution in [0.15, 0.2) is 41.0 Å². The first-order chi connectivity index (χ1) is 9.61. The molecule has 3 nitrogen and oxygen atoms in total. The fourth-order valence-corrected chi connectivity index (χ4v) is 2.50. The maximum absolute atomic E-state index is 14.3. The Labute approximate surface area is 127 Å². The van der Waals surface area contributed by atoms with Gasteiger partial charge in [0.05, 0.1) is 0 Å². The van der Waals surface area contributed by atoms with Gasteiger partial charge in [-0.1, -0.05) is 28.1 Å². The molecule has 0 saturated heterocycles. The molecule has 106 valence electrons. The van der Waals surface area contributed by atoms with Gasteiger partial charge in [-0.15, -0.1) is 0 Å². The normalized spacial score (nSPS) is 10.6. The molecule has 20 heavy (non-hydrogen) atoms.